The van der Waals surface area contributed by atoms with E-state index >= 15 is 0 Å². The van der Waals surface area contributed by atoms with Gasteiger partial charge in [-0.2, -0.15) is 5.10 Å². The number of fused-ring (bicyclic) bond motifs is 1. The molecule has 0 aliphatic rings. The maximum Gasteiger partial charge on any atom is 0.178 e. The third kappa shape index (κ3) is 2.19. The highest BCUT2D eigenvalue weighted by Crippen LogP contribution is 2.25. The average molecular weight is 293 g/mol. The fraction of sp³-hybridized carbons (Fsp3) is 0.231. The number of H-pyrrole nitrogens is 1. The van der Waals surface area contributed by atoms with Gasteiger partial charge >= 0.3 is 0 Å². The van der Waals surface area contributed by atoms with Crippen LogP contribution in [0.1, 0.15) is 13.0 Å². The zero-order chi connectivity index (χ0) is 13.4. The van der Waals surface area contributed by atoms with E-state index in [9.17, 15) is 0 Å². The first-order valence-corrected chi connectivity index (χ1v) is 6.81. The van der Waals surface area contributed by atoms with E-state index in [0.29, 0.717) is 9.79 Å². The number of nitrogens with one attached hydrogen (secondary N) is 1. The van der Waals surface area contributed by atoms with E-state index in [4.69, 9.17) is 23.8 Å². The largest absolute Gasteiger partial charge is 0.329 e. The van der Waals surface area contributed by atoms with Gasteiger partial charge in [0.1, 0.15) is 0 Å². The molecule has 1 unspecified atom stereocenters. The Bertz CT molecular complexity index is 757. The van der Waals surface area contributed by atoms with Gasteiger partial charge in [-0.1, -0.05) is 17.7 Å². The molecule has 0 spiro atoms. The van der Waals surface area contributed by atoms with Crippen LogP contribution in [0.2, 0.25) is 5.02 Å². The quantitative estimate of drug-likeness (QED) is 0.746. The molecular weight excluding hydrogens is 280 g/mol. The second-order valence-electron chi connectivity index (χ2n) is 4.51. The summed E-state index contributed by atoms with van der Waals surface area (Å²) in [6.45, 7) is 2.88. The Morgan fingerprint density at radius 1 is 1.42 bits per heavy atom. The van der Waals surface area contributed by atoms with E-state index < -0.39 is 0 Å². The molecule has 0 fully saturated rings. The van der Waals surface area contributed by atoms with Crippen molar-refractivity contribution in [2.75, 3.05) is 0 Å². The molecule has 2 heterocycles. The lowest BCUT2D eigenvalue weighted by atomic mass is 10.2. The van der Waals surface area contributed by atoms with Crippen LogP contribution < -0.4 is 0 Å². The van der Waals surface area contributed by atoms with Crippen LogP contribution in [0.5, 0.6) is 0 Å². The van der Waals surface area contributed by atoms with Crippen LogP contribution in [0.3, 0.4) is 0 Å². The van der Waals surface area contributed by atoms with Crippen LogP contribution in [0.25, 0.3) is 11.0 Å². The fourth-order valence-electron chi connectivity index (χ4n) is 2.31. The van der Waals surface area contributed by atoms with E-state index in [0.717, 1.165) is 17.6 Å². The van der Waals surface area contributed by atoms with Crippen molar-refractivity contribution in [1.82, 2.24) is 19.3 Å². The molecule has 1 atom stereocenters. The molecule has 0 saturated heterocycles. The summed E-state index contributed by atoms with van der Waals surface area (Å²) in [5.74, 6) is 0. The van der Waals surface area contributed by atoms with E-state index in [1.54, 1.807) is 6.20 Å². The Morgan fingerprint density at radius 2 is 2.26 bits per heavy atom. The standard InChI is InChI=1S/C13H13ClN4S/c1-9(8-17-7-3-6-15-17)18-11-5-2-4-10(14)12(11)16-13(18)19/h2-7,9H,8H2,1H3,(H,16,19). The van der Waals surface area contributed by atoms with Gasteiger partial charge in [0.2, 0.25) is 0 Å². The lowest BCUT2D eigenvalue weighted by Gasteiger charge is -2.14. The summed E-state index contributed by atoms with van der Waals surface area (Å²) in [4.78, 5) is 3.17. The van der Waals surface area contributed by atoms with Gasteiger partial charge in [-0.15, -0.1) is 0 Å². The van der Waals surface area contributed by atoms with E-state index in [-0.39, 0.29) is 6.04 Å². The molecule has 0 aliphatic heterocycles. The summed E-state index contributed by atoms with van der Waals surface area (Å²) >= 11 is 11.6. The highest BCUT2D eigenvalue weighted by atomic mass is 35.5. The fourth-order valence-corrected chi connectivity index (χ4v) is 2.91. The highest BCUT2D eigenvalue weighted by Gasteiger charge is 2.13. The number of halogens is 1. The number of para-hydroxylation sites is 1. The number of hydrogen-bond donors (Lipinski definition) is 1. The van der Waals surface area contributed by atoms with Crippen molar-refractivity contribution in [3.05, 3.63) is 46.5 Å². The average Bonchev–Trinajstić information content (AvgIpc) is 2.96. The maximum atomic E-state index is 6.18. The van der Waals surface area contributed by atoms with Crippen LogP contribution >= 0.6 is 23.8 Å². The molecule has 0 amide bonds. The van der Waals surface area contributed by atoms with Crippen LogP contribution in [0.4, 0.5) is 0 Å². The van der Waals surface area contributed by atoms with Crippen LogP contribution in [-0.2, 0) is 6.54 Å². The van der Waals surface area contributed by atoms with Crippen LogP contribution in [0.15, 0.2) is 36.7 Å². The van der Waals surface area contributed by atoms with Gasteiger partial charge in [-0.05, 0) is 37.3 Å². The number of nitrogens with zero attached hydrogens (tertiary/aromatic N) is 3. The molecule has 3 aromatic rings. The number of imidazole rings is 1. The summed E-state index contributed by atoms with van der Waals surface area (Å²) < 4.78 is 4.66. The summed E-state index contributed by atoms with van der Waals surface area (Å²) in [6, 6.07) is 7.92. The number of rotatable bonds is 3. The van der Waals surface area contributed by atoms with E-state index in [1.807, 2.05) is 35.1 Å². The van der Waals surface area contributed by atoms with Crippen molar-refractivity contribution < 1.29 is 0 Å². The molecule has 0 aliphatic carbocycles. The SMILES string of the molecule is CC(Cn1cccn1)n1c(=S)[nH]c2c(Cl)cccc21. The summed E-state index contributed by atoms with van der Waals surface area (Å²) in [7, 11) is 0. The topological polar surface area (TPSA) is 38.5 Å². The highest BCUT2D eigenvalue weighted by molar-refractivity contribution is 7.71. The minimum Gasteiger partial charge on any atom is -0.329 e. The maximum absolute atomic E-state index is 6.18. The first-order chi connectivity index (χ1) is 9.16. The lowest BCUT2D eigenvalue weighted by Crippen LogP contribution is -2.13. The van der Waals surface area contributed by atoms with Crippen molar-refractivity contribution >= 4 is 34.9 Å². The van der Waals surface area contributed by atoms with Gasteiger partial charge in [-0.25, -0.2) is 0 Å². The first kappa shape index (κ1) is 12.4. The van der Waals surface area contributed by atoms with Crippen molar-refractivity contribution in [2.45, 2.75) is 19.5 Å². The molecule has 0 radical (unpaired) electrons. The second-order valence-corrected chi connectivity index (χ2v) is 5.31. The summed E-state index contributed by atoms with van der Waals surface area (Å²) in [6.07, 6.45) is 3.72. The van der Waals surface area contributed by atoms with Gasteiger partial charge in [-0.3, -0.25) is 4.68 Å². The Balaban J connectivity index is 2.07. The number of benzene rings is 1. The minimum absolute atomic E-state index is 0.194. The molecule has 4 nitrogen and oxygen atoms in total. The smallest absolute Gasteiger partial charge is 0.178 e. The van der Waals surface area contributed by atoms with Crippen molar-refractivity contribution in [2.24, 2.45) is 0 Å². The molecule has 19 heavy (non-hydrogen) atoms. The predicted molar refractivity (Wildman–Crippen MR) is 79.1 cm³/mol. The normalized spacial score (nSPS) is 12.9. The molecule has 2 aromatic heterocycles. The minimum atomic E-state index is 0.194. The Kier molecular flexibility index (Phi) is 3.16. The van der Waals surface area contributed by atoms with Crippen LogP contribution in [-0.4, -0.2) is 19.3 Å². The zero-order valence-electron chi connectivity index (χ0n) is 10.4. The second kappa shape index (κ2) is 4.83. The van der Waals surface area contributed by atoms with E-state index in [1.165, 1.54) is 0 Å². The van der Waals surface area contributed by atoms with Gasteiger partial charge in [0, 0.05) is 12.4 Å². The van der Waals surface area contributed by atoms with Crippen molar-refractivity contribution in [3.63, 3.8) is 0 Å². The summed E-state index contributed by atoms with van der Waals surface area (Å²) in [5, 5.41) is 4.91. The Hall–Kier alpha value is -1.59. The summed E-state index contributed by atoms with van der Waals surface area (Å²) in [5.41, 5.74) is 1.92. The molecule has 0 saturated carbocycles. The molecule has 6 heteroatoms. The third-order valence-corrected chi connectivity index (χ3v) is 3.77. The zero-order valence-corrected chi connectivity index (χ0v) is 11.9. The Labute approximate surface area is 120 Å². The first-order valence-electron chi connectivity index (χ1n) is 6.03. The van der Waals surface area contributed by atoms with Gasteiger partial charge in [0.05, 0.1) is 28.6 Å². The van der Waals surface area contributed by atoms with Gasteiger partial charge in [0.15, 0.2) is 4.77 Å². The van der Waals surface area contributed by atoms with Gasteiger partial charge in [0.25, 0.3) is 0 Å². The van der Waals surface area contributed by atoms with Gasteiger partial charge < -0.3 is 9.55 Å². The molecular formula is C13H13ClN4S. The van der Waals surface area contributed by atoms with Crippen LogP contribution in [0, 0.1) is 4.77 Å². The lowest BCUT2D eigenvalue weighted by molar-refractivity contribution is 0.442. The monoisotopic (exact) mass is 292 g/mol. The molecule has 1 aromatic carbocycles. The Morgan fingerprint density at radius 3 is 3.00 bits per heavy atom. The van der Waals surface area contributed by atoms with Crippen molar-refractivity contribution in [1.29, 1.82) is 0 Å². The molecule has 98 valence electrons. The van der Waals surface area contributed by atoms with E-state index in [2.05, 4.69) is 21.6 Å². The third-order valence-electron chi connectivity index (χ3n) is 3.15. The number of hydrogen-bond acceptors (Lipinski definition) is 2. The van der Waals surface area contributed by atoms with Crippen molar-refractivity contribution in [3.8, 4) is 0 Å². The molecule has 0 bridgehead atoms. The molecule has 3 rings (SSSR count). The molecule has 1 N–H and O–H groups in total. The predicted octanol–water partition coefficient (Wildman–Crippen LogP) is 3.81. The number of aromatic amines is 1. The number of aromatic nitrogens is 4.